The molecule has 2 rings (SSSR count). The topological polar surface area (TPSA) is 76.1 Å². The Bertz CT molecular complexity index is 389. The van der Waals surface area contributed by atoms with Gasteiger partial charge in [-0.25, -0.2) is 9.59 Å². The molecule has 0 aromatic rings. The van der Waals surface area contributed by atoms with Crippen molar-refractivity contribution in [1.82, 2.24) is 4.90 Å². The lowest BCUT2D eigenvalue weighted by Crippen LogP contribution is -2.58. The number of rotatable bonds is 0. The first-order chi connectivity index (χ1) is 8.74. The summed E-state index contributed by atoms with van der Waals surface area (Å²) in [7, 11) is 0. The molecule has 0 aromatic heterocycles. The van der Waals surface area contributed by atoms with Crippen molar-refractivity contribution >= 4 is 12.1 Å². The molecule has 2 saturated heterocycles. The van der Waals surface area contributed by atoms with E-state index in [1.54, 1.807) is 20.8 Å². The molecule has 0 saturated carbocycles. The molecule has 6 nitrogen and oxygen atoms in total. The number of hydrogen-bond acceptors (Lipinski definition) is 5. The minimum absolute atomic E-state index is 0.130. The Kier molecular flexibility index (Phi) is 3.47. The molecule has 2 heterocycles. The van der Waals surface area contributed by atoms with Crippen molar-refractivity contribution < 1.29 is 24.2 Å². The van der Waals surface area contributed by atoms with Gasteiger partial charge in [-0.3, -0.25) is 4.90 Å². The second-order valence-corrected chi connectivity index (χ2v) is 6.18. The summed E-state index contributed by atoms with van der Waals surface area (Å²) in [5, 5.41) is 9.53. The largest absolute Gasteiger partial charge is 0.444 e. The Labute approximate surface area is 112 Å². The summed E-state index contributed by atoms with van der Waals surface area (Å²) in [6, 6.07) is 0. The zero-order valence-corrected chi connectivity index (χ0v) is 11.6. The molecule has 108 valence electrons. The second kappa shape index (κ2) is 4.67. The number of esters is 1. The zero-order valence-electron chi connectivity index (χ0n) is 11.6. The molecule has 1 N–H and O–H groups in total. The highest BCUT2D eigenvalue weighted by atomic mass is 16.6. The minimum Gasteiger partial charge on any atom is -0.444 e. The molecule has 2 aliphatic heterocycles. The molecular weight excluding hydrogens is 250 g/mol. The molecule has 1 spiro atoms. The highest BCUT2D eigenvalue weighted by molar-refractivity contribution is 5.87. The summed E-state index contributed by atoms with van der Waals surface area (Å²) in [5.41, 5.74) is -1.66. The fourth-order valence-electron chi connectivity index (χ4n) is 2.69. The van der Waals surface area contributed by atoms with E-state index in [1.807, 2.05) is 0 Å². The first kappa shape index (κ1) is 14.1. The number of nitrogens with zero attached hydrogens (tertiary/aromatic N) is 1. The van der Waals surface area contributed by atoms with Gasteiger partial charge < -0.3 is 14.6 Å². The molecule has 2 aliphatic rings. The molecule has 1 amide bonds. The fourth-order valence-corrected chi connectivity index (χ4v) is 2.69. The number of likely N-dealkylation sites (tertiary alicyclic amines) is 1. The number of amides is 1. The smallest absolute Gasteiger partial charge is 0.411 e. The number of aliphatic hydroxyl groups excluding tert-OH is 1. The van der Waals surface area contributed by atoms with Crippen LogP contribution in [0, 0.1) is 0 Å². The Morgan fingerprint density at radius 2 is 2.16 bits per heavy atom. The van der Waals surface area contributed by atoms with Crippen LogP contribution < -0.4 is 0 Å². The lowest BCUT2D eigenvalue weighted by atomic mass is 9.85. The van der Waals surface area contributed by atoms with Crippen LogP contribution in [0.5, 0.6) is 0 Å². The van der Waals surface area contributed by atoms with Crippen LogP contribution in [-0.4, -0.2) is 46.0 Å². The third-order valence-electron chi connectivity index (χ3n) is 3.49. The van der Waals surface area contributed by atoms with E-state index in [-0.39, 0.29) is 6.42 Å². The Morgan fingerprint density at radius 3 is 2.68 bits per heavy atom. The maximum Gasteiger partial charge on any atom is 0.411 e. The van der Waals surface area contributed by atoms with Crippen molar-refractivity contribution in [1.29, 1.82) is 0 Å². The van der Waals surface area contributed by atoms with Gasteiger partial charge in [-0.05, 0) is 40.0 Å². The van der Waals surface area contributed by atoms with Crippen LogP contribution in [0.25, 0.3) is 0 Å². The Balaban J connectivity index is 2.21. The van der Waals surface area contributed by atoms with Gasteiger partial charge in [-0.2, -0.15) is 0 Å². The van der Waals surface area contributed by atoms with Crippen LogP contribution in [0.4, 0.5) is 4.79 Å². The number of carbonyl (C=O) groups is 2. The summed E-state index contributed by atoms with van der Waals surface area (Å²) in [6.07, 6.45) is 0.660. The molecular formula is C13H21NO5. The van der Waals surface area contributed by atoms with Gasteiger partial charge in [0.1, 0.15) is 11.1 Å². The standard InChI is InChI=1S/C13H21NO5/c1-12(2,3)19-11(17)14-7-5-4-6-13(14)8-9(15)18-10(13)16/h9,15H,4-8H2,1-3H3/t9-,13-/m0/s1. The highest BCUT2D eigenvalue weighted by Crippen LogP contribution is 2.39. The molecule has 0 unspecified atom stereocenters. The first-order valence-electron chi connectivity index (χ1n) is 6.64. The van der Waals surface area contributed by atoms with Crippen LogP contribution in [0.3, 0.4) is 0 Å². The van der Waals surface area contributed by atoms with Crippen LogP contribution in [-0.2, 0) is 14.3 Å². The van der Waals surface area contributed by atoms with Crippen molar-refractivity contribution in [2.45, 2.75) is 63.9 Å². The summed E-state index contributed by atoms with van der Waals surface area (Å²) >= 11 is 0. The van der Waals surface area contributed by atoms with Gasteiger partial charge >= 0.3 is 12.1 Å². The van der Waals surface area contributed by atoms with Gasteiger partial charge in [0.25, 0.3) is 0 Å². The molecule has 2 fully saturated rings. The third-order valence-corrected chi connectivity index (χ3v) is 3.49. The Hall–Kier alpha value is -1.30. The quantitative estimate of drug-likeness (QED) is 0.674. The molecule has 0 radical (unpaired) electrons. The van der Waals surface area contributed by atoms with E-state index in [0.29, 0.717) is 13.0 Å². The number of carbonyl (C=O) groups excluding carboxylic acids is 2. The Morgan fingerprint density at radius 1 is 1.47 bits per heavy atom. The summed E-state index contributed by atoms with van der Waals surface area (Å²) in [6.45, 7) is 5.80. The zero-order chi connectivity index (χ0) is 14.3. The van der Waals surface area contributed by atoms with Crippen molar-refractivity contribution in [2.24, 2.45) is 0 Å². The molecule has 0 bridgehead atoms. The predicted molar refractivity (Wildman–Crippen MR) is 66.2 cm³/mol. The average molecular weight is 271 g/mol. The average Bonchev–Trinajstić information content (AvgIpc) is 2.52. The van der Waals surface area contributed by atoms with Crippen molar-refractivity contribution in [3.63, 3.8) is 0 Å². The normalized spacial score (nSPS) is 31.5. The van der Waals surface area contributed by atoms with E-state index in [1.165, 1.54) is 4.90 Å². The van der Waals surface area contributed by atoms with Gasteiger partial charge in [0, 0.05) is 13.0 Å². The van der Waals surface area contributed by atoms with E-state index < -0.39 is 29.5 Å². The van der Waals surface area contributed by atoms with Gasteiger partial charge in [-0.15, -0.1) is 0 Å². The van der Waals surface area contributed by atoms with Crippen molar-refractivity contribution in [2.75, 3.05) is 6.54 Å². The van der Waals surface area contributed by atoms with Crippen LogP contribution >= 0.6 is 0 Å². The van der Waals surface area contributed by atoms with E-state index >= 15 is 0 Å². The van der Waals surface area contributed by atoms with E-state index in [9.17, 15) is 14.7 Å². The minimum atomic E-state index is -1.13. The van der Waals surface area contributed by atoms with Gasteiger partial charge in [0.15, 0.2) is 0 Å². The SMILES string of the molecule is CC(C)(C)OC(=O)N1CCCC[C@@]12C[C@@H](O)OC2=O. The van der Waals surface area contributed by atoms with Gasteiger partial charge in [-0.1, -0.05) is 0 Å². The first-order valence-corrected chi connectivity index (χ1v) is 6.64. The number of cyclic esters (lactones) is 1. The predicted octanol–water partition coefficient (Wildman–Crippen LogP) is 1.41. The molecule has 0 aliphatic carbocycles. The number of piperidine rings is 1. The van der Waals surface area contributed by atoms with Crippen molar-refractivity contribution in [3.05, 3.63) is 0 Å². The monoisotopic (exact) mass is 271 g/mol. The lowest BCUT2D eigenvalue weighted by Gasteiger charge is -2.41. The maximum atomic E-state index is 12.2. The molecule has 2 atom stereocenters. The lowest BCUT2D eigenvalue weighted by molar-refractivity contribution is -0.160. The number of ether oxygens (including phenoxy) is 2. The van der Waals surface area contributed by atoms with E-state index in [4.69, 9.17) is 9.47 Å². The summed E-state index contributed by atoms with van der Waals surface area (Å²) in [4.78, 5) is 25.7. The number of hydrogen-bond donors (Lipinski definition) is 1. The van der Waals surface area contributed by atoms with Crippen molar-refractivity contribution in [3.8, 4) is 0 Å². The molecule has 19 heavy (non-hydrogen) atoms. The number of aliphatic hydroxyl groups is 1. The molecule has 0 aromatic carbocycles. The second-order valence-electron chi connectivity index (χ2n) is 6.18. The van der Waals surface area contributed by atoms with E-state index in [2.05, 4.69) is 0 Å². The van der Waals surface area contributed by atoms with Gasteiger partial charge in [0.2, 0.25) is 6.29 Å². The summed E-state index contributed by atoms with van der Waals surface area (Å²) < 4.78 is 10.2. The van der Waals surface area contributed by atoms with Crippen LogP contribution in [0.1, 0.15) is 46.5 Å². The molecule has 6 heteroatoms. The highest BCUT2D eigenvalue weighted by Gasteiger charge is 2.56. The maximum absolute atomic E-state index is 12.2. The van der Waals surface area contributed by atoms with Crippen LogP contribution in [0.2, 0.25) is 0 Å². The van der Waals surface area contributed by atoms with Gasteiger partial charge in [0.05, 0.1) is 0 Å². The summed E-state index contributed by atoms with van der Waals surface area (Å²) in [5.74, 6) is -0.523. The van der Waals surface area contributed by atoms with E-state index in [0.717, 1.165) is 12.8 Å². The fraction of sp³-hybridized carbons (Fsp3) is 0.846. The third kappa shape index (κ3) is 2.68. The van der Waals surface area contributed by atoms with Crippen LogP contribution in [0.15, 0.2) is 0 Å².